The van der Waals surface area contributed by atoms with E-state index in [0.717, 1.165) is 68.0 Å². The van der Waals surface area contributed by atoms with Crippen LogP contribution in [0.25, 0.3) is 0 Å². The SMILES string of the molecule is CCCCOc1ccc([C@](O)(Cc2ccccc2)[C@@H](CN2CCN(c3cccc(C)c3C)CC2)c2ccccc2)cc1. The predicted molar refractivity (Wildman–Crippen MR) is 175 cm³/mol. The van der Waals surface area contributed by atoms with Crippen LogP contribution in [0.15, 0.2) is 103 Å². The first kappa shape index (κ1) is 29.9. The average Bonchev–Trinajstić information content (AvgIpc) is 3.03. The van der Waals surface area contributed by atoms with Gasteiger partial charge in [0.2, 0.25) is 0 Å². The molecule has 220 valence electrons. The topological polar surface area (TPSA) is 35.9 Å². The number of aryl methyl sites for hydroxylation is 1. The van der Waals surface area contributed by atoms with E-state index in [9.17, 15) is 5.11 Å². The molecule has 4 aromatic rings. The largest absolute Gasteiger partial charge is 0.494 e. The van der Waals surface area contributed by atoms with Gasteiger partial charge in [-0.25, -0.2) is 0 Å². The molecule has 0 bridgehead atoms. The van der Waals surface area contributed by atoms with E-state index in [2.05, 4.69) is 116 Å². The second kappa shape index (κ2) is 14.0. The maximum Gasteiger partial charge on any atom is 0.119 e. The molecular formula is C38H46N2O2. The fraction of sp³-hybridized carbons (Fsp3) is 0.368. The van der Waals surface area contributed by atoms with E-state index in [1.54, 1.807) is 0 Å². The average molecular weight is 563 g/mol. The molecule has 0 spiro atoms. The lowest BCUT2D eigenvalue weighted by molar-refractivity contribution is -0.00554. The number of nitrogens with zero attached hydrogens (tertiary/aromatic N) is 2. The normalized spacial score (nSPS) is 16.1. The highest BCUT2D eigenvalue weighted by Gasteiger charge is 2.41. The third-order valence-corrected chi connectivity index (χ3v) is 8.95. The third kappa shape index (κ3) is 7.06. The Kier molecular flexibility index (Phi) is 9.99. The van der Waals surface area contributed by atoms with Crippen molar-refractivity contribution in [3.63, 3.8) is 0 Å². The zero-order valence-electron chi connectivity index (χ0n) is 25.5. The molecule has 4 heteroatoms. The Morgan fingerprint density at radius 1 is 0.786 bits per heavy atom. The van der Waals surface area contributed by atoms with Crippen LogP contribution in [-0.4, -0.2) is 49.3 Å². The zero-order chi connectivity index (χ0) is 29.4. The van der Waals surface area contributed by atoms with E-state index >= 15 is 0 Å². The number of hydrogen-bond donors (Lipinski definition) is 1. The van der Waals surface area contributed by atoms with Crippen molar-refractivity contribution in [2.75, 3.05) is 44.2 Å². The van der Waals surface area contributed by atoms with Gasteiger partial charge >= 0.3 is 0 Å². The van der Waals surface area contributed by atoms with Crippen molar-refractivity contribution in [2.45, 2.75) is 51.6 Å². The van der Waals surface area contributed by atoms with Gasteiger partial charge in [0.05, 0.1) is 6.61 Å². The summed E-state index contributed by atoms with van der Waals surface area (Å²) in [6.45, 7) is 12.0. The first-order chi connectivity index (χ1) is 20.5. The Morgan fingerprint density at radius 3 is 2.12 bits per heavy atom. The lowest BCUT2D eigenvalue weighted by Gasteiger charge is -2.43. The molecule has 42 heavy (non-hydrogen) atoms. The molecular weight excluding hydrogens is 516 g/mol. The molecule has 1 aliphatic rings. The number of anilines is 1. The number of rotatable bonds is 12. The number of ether oxygens (including phenoxy) is 1. The quantitative estimate of drug-likeness (QED) is 0.181. The Hall–Kier alpha value is -3.60. The Labute approximate surface area is 252 Å². The summed E-state index contributed by atoms with van der Waals surface area (Å²) in [5.74, 6) is 0.742. The van der Waals surface area contributed by atoms with Crippen molar-refractivity contribution in [1.29, 1.82) is 0 Å². The van der Waals surface area contributed by atoms with Crippen LogP contribution in [0.4, 0.5) is 5.69 Å². The minimum Gasteiger partial charge on any atom is -0.494 e. The van der Waals surface area contributed by atoms with E-state index < -0.39 is 5.60 Å². The lowest BCUT2D eigenvalue weighted by atomic mass is 9.73. The summed E-state index contributed by atoms with van der Waals surface area (Å²) in [6.07, 6.45) is 2.67. The van der Waals surface area contributed by atoms with E-state index in [1.807, 2.05) is 18.2 Å². The predicted octanol–water partition coefficient (Wildman–Crippen LogP) is 7.52. The smallest absolute Gasteiger partial charge is 0.119 e. The Morgan fingerprint density at radius 2 is 1.45 bits per heavy atom. The second-order valence-corrected chi connectivity index (χ2v) is 11.8. The third-order valence-electron chi connectivity index (χ3n) is 8.95. The van der Waals surface area contributed by atoms with Crippen molar-refractivity contribution in [3.8, 4) is 5.75 Å². The van der Waals surface area contributed by atoms with Crippen LogP contribution in [0.2, 0.25) is 0 Å². The van der Waals surface area contributed by atoms with Gasteiger partial charge in [-0.05, 0) is 66.3 Å². The maximum atomic E-state index is 12.9. The van der Waals surface area contributed by atoms with Crippen molar-refractivity contribution in [1.82, 2.24) is 4.90 Å². The van der Waals surface area contributed by atoms with Gasteiger partial charge in [-0.2, -0.15) is 0 Å². The van der Waals surface area contributed by atoms with Gasteiger partial charge in [-0.3, -0.25) is 4.90 Å². The molecule has 1 saturated heterocycles. The van der Waals surface area contributed by atoms with Gasteiger partial charge in [-0.1, -0.05) is 98.3 Å². The van der Waals surface area contributed by atoms with Crippen LogP contribution >= 0.6 is 0 Å². The molecule has 2 atom stereocenters. The zero-order valence-corrected chi connectivity index (χ0v) is 25.5. The van der Waals surface area contributed by atoms with Gasteiger partial charge in [0, 0.05) is 50.7 Å². The van der Waals surface area contributed by atoms with Crippen LogP contribution in [0.3, 0.4) is 0 Å². The molecule has 0 saturated carbocycles. The number of aliphatic hydroxyl groups is 1. The lowest BCUT2D eigenvalue weighted by Crippen LogP contribution is -2.50. The summed E-state index contributed by atoms with van der Waals surface area (Å²) in [6, 6.07) is 35.8. The monoisotopic (exact) mass is 562 g/mol. The van der Waals surface area contributed by atoms with E-state index in [-0.39, 0.29) is 5.92 Å². The fourth-order valence-electron chi connectivity index (χ4n) is 6.23. The van der Waals surface area contributed by atoms with E-state index in [0.29, 0.717) is 13.0 Å². The minimum atomic E-state index is -1.10. The highest BCUT2D eigenvalue weighted by molar-refractivity contribution is 5.56. The molecule has 0 unspecified atom stereocenters. The van der Waals surface area contributed by atoms with Crippen LogP contribution < -0.4 is 9.64 Å². The number of benzene rings is 4. The minimum absolute atomic E-state index is 0.113. The summed E-state index contributed by atoms with van der Waals surface area (Å²) >= 11 is 0. The molecule has 1 N–H and O–H groups in total. The van der Waals surface area contributed by atoms with Gasteiger partial charge < -0.3 is 14.7 Å². The standard InChI is InChI=1S/C38H46N2O2/c1-4-5-27-42-35-21-19-34(20-22-35)38(41,28-32-14-8-6-9-15-32)36(33-16-10-7-11-17-33)29-39-23-25-40(26-24-39)37-18-12-13-30(2)31(37)3/h6-22,36,41H,4-5,23-29H2,1-3H3/t36-,38+/m0/s1. The number of unbranched alkanes of at least 4 members (excludes halogenated alkanes) is 1. The first-order valence-electron chi connectivity index (χ1n) is 15.6. The van der Waals surface area contributed by atoms with Crippen molar-refractivity contribution in [3.05, 3.63) is 131 Å². The van der Waals surface area contributed by atoms with E-state index in [4.69, 9.17) is 4.74 Å². The highest BCUT2D eigenvalue weighted by Crippen LogP contribution is 2.41. The molecule has 0 amide bonds. The van der Waals surface area contributed by atoms with Gasteiger partial charge in [0.25, 0.3) is 0 Å². The van der Waals surface area contributed by atoms with Crippen molar-refractivity contribution < 1.29 is 9.84 Å². The number of hydrogen-bond acceptors (Lipinski definition) is 4. The van der Waals surface area contributed by atoms with Crippen molar-refractivity contribution in [2.24, 2.45) is 0 Å². The molecule has 0 aromatic heterocycles. The molecule has 0 radical (unpaired) electrons. The molecule has 0 aliphatic carbocycles. The highest BCUT2D eigenvalue weighted by atomic mass is 16.5. The first-order valence-corrected chi connectivity index (χ1v) is 15.6. The Bertz CT molecular complexity index is 1380. The van der Waals surface area contributed by atoms with Crippen LogP contribution in [0.1, 0.15) is 53.5 Å². The van der Waals surface area contributed by atoms with E-state index in [1.165, 1.54) is 16.8 Å². The Balaban J connectivity index is 1.43. The summed E-state index contributed by atoms with van der Waals surface area (Å²) < 4.78 is 5.97. The summed E-state index contributed by atoms with van der Waals surface area (Å²) in [5.41, 5.74) is 6.17. The number of piperazine rings is 1. The second-order valence-electron chi connectivity index (χ2n) is 11.8. The molecule has 4 aromatic carbocycles. The fourth-order valence-corrected chi connectivity index (χ4v) is 6.23. The molecule has 1 fully saturated rings. The van der Waals surface area contributed by atoms with Crippen LogP contribution in [0, 0.1) is 13.8 Å². The van der Waals surface area contributed by atoms with Gasteiger partial charge in [0.15, 0.2) is 0 Å². The molecule has 1 heterocycles. The summed E-state index contributed by atoms with van der Waals surface area (Å²) in [7, 11) is 0. The van der Waals surface area contributed by atoms with Crippen molar-refractivity contribution >= 4 is 5.69 Å². The maximum absolute atomic E-state index is 12.9. The molecule has 4 nitrogen and oxygen atoms in total. The van der Waals surface area contributed by atoms with Crippen LogP contribution in [0.5, 0.6) is 5.75 Å². The van der Waals surface area contributed by atoms with Gasteiger partial charge in [-0.15, -0.1) is 0 Å². The van der Waals surface area contributed by atoms with Gasteiger partial charge in [0.1, 0.15) is 11.4 Å². The summed E-state index contributed by atoms with van der Waals surface area (Å²) in [4.78, 5) is 5.06. The summed E-state index contributed by atoms with van der Waals surface area (Å²) in [5, 5.41) is 12.9. The molecule has 1 aliphatic heterocycles. The van der Waals surface area contributed by atoms with Crippen LogP contribution in [-0.2, 0) is 12.0 Å². The molecule has 5 rings (SSSR count).